The van der Waals surface area contributed by atoms with Gasteiger partial charge in [0.05, 0.1) is 31.5 Å². The lowest BCUT2D eigenvalue weighted by atomic mass is 10.1. The molecule has 0 aromatic carbocycles. The molecule has 144 valence electrons. The van der Waals surface area contributed by atoms with Crippen LogP contribution in [-0.2, 0) is 30.5 Å². The van der Waals surface area contributed by atoms with Crippen LogP contribution in [0.2, 0.25) is 0 Å². The van der Waals surface area contributed by atoms with Crippen molar-refractivity contribution in [1.82, 2.24) is 20.0 Å². The molecule has 1 fully saturated rings. The molecule has 4 heterocycles. The van der Waals surface area contributed by atoms with Crippen LogP contribution in [0.5, 0.6) is 0 Å². The molecule has 2 aliphatic heterocycles. The maximum absolute atomic E-state index is 12.7. The zero-order chi connectivity index (χ0) is 19.0. The van der Waals surface area contributed by atoms with Crippen molar-refractivity contribution in [3.63, 3.8) is 0 Å². The van der Waals surface area contributed by atoms with Crippen molar-refractivity contribution in [2.75, 3.05) is 18.1 Å². The van der Waals surface area contributed by atoms with Gasteiger partial charge in [0.15, 0.2) is 11.5 Å². The average molecular weight is 381 g/mol. The molecule has 2 aliphatic rings. The molecule has 0 radical (unpaired) electrons. The Balaban J connectivity index is 1.55. The van der Waals surface area contributed by atoms with E-state index in [2.05, 4.69) is 15.3 Å². The molecule has 0 aliphatic carbocycles. The molecule has 27 heavy (non-hydrogen) atoms. The molecule has 1 saturated heterocycles. The van der Waals surface area contributed by atoms with Gasteiger partial charge in [-0.3, -0.25) is 4.79 Å². The minimum absolute atomic E-state index is 0.0703. The van der Waals surface area contributed by atoms with Crippen molar-refractivity contribution < 1.29 is 17.9 Å². The summed E-state index contributed by atoms with van der Waals surface area (Å²) in [6, 6.07) is 3.74. The van der Waals surface area contributed by atoms with Crippen molar-refractivity contribution in [3.05, 3.63) is 45.5 Å². The summed E-state index contributed by atoms with van der Waals surface area (Å²) < 4.78 is 44.8. The number of aromatic nitrogens is 4. The number of nitrogens with zero attached hydrogens (tertiary/aromatic N) is 5. The monoisotopic (exact) mass is 381 g/mol. The first-order valence-electron chi connectivity index (χ1n) is 8.77. The van der Waals surface area contributed by atoms with Crippen molar-refractivity contribution in [1.29, 1.82) is 0 Å². The summed E-state index contributed by atoms with van der Waals surface area (Å²) in [5.74, 6) is 0.380. The Morgan fingerprint density at radius 1 is 1.26 bits per heavy atom. The number of hydrogen-bond acceptors (Lipinski definition) is 6. The summed E-state index contributed by atoms with van der Waals surface area (Å²) in [6.07, 6.45) is -2.19. The van der Waals surface area contributed by atoms with Crippen LogP contribution >= 0.6 is 0 Å². The third kappa shape index (κ3) is 3.66. The fraction of sp³-hybridized carbons (Fsp3) is 0.529. The van der Waals surface area contributed by atoms with E-state index in [1.165, 1.54) is 10.7 Å². The summed E-state index contributed by atoms with van der Waals surface area (Å²) in [5, 5.41) is 11.5. The third-order valence-corrected chi connectivity index (χ3v) is 4.90. The highest BCUT2D eigenvalue weighted by Crippen LogP contribution is 2.29. The summed E-state index contributed by atoms with van der Waals surface area (Å²) >= 11 is 0. The van der Waals surface area contributed by atoms with Crippen molar-refractivity contribution >= 4 is 5.82 Å². The van der Waals surface area contributed by atoms with E-state index in [1.807, 2.05) is 4.90 Å². The first-order valence-corrected chi connectivity index (χ1v) is 8.77. The lowest BCUT2D eigenvalue weighted by Crippen LogP contribution is -2.38. The molecule has 1 unspecified atom stereocenters. The number of alkyl halides is 3. The Hall–Kier alpha value is -2.49. The van der Waals surface area contributed by atoms with Crippen molar-refractivity contribution in [3.8, 4) is 0 Å². The first kappa shape index (κ1) is 17.9. The van der Waals surface area contributed by atoms with Crippen molar-refractivity contribution in [2.24, 2.45) is 0 Å². The van der Waals surface area contributed by atoms with E-state index in [-0.39, 0.29) is 11.6 Å². The van der Waals surface area contributed by atoms with Gasteiger partial charge in [0.1, 0.15) is 0 Å². The van der Waals surface area contributed by atoms with Gasteiger partial charge in [-0.1, -0.05) is 0 Å². The highest BCUT2D eigenvalue weighted by molar-refractivity contribution is 5.40. The maximum atomic E-state index is 12.7. The molecule has 2 aromatic rings. The number of anilines is 1. The second-order valence-corrected chi connectivity index (χ2v) is 6.70. The Morgan fingerprint density at radius 2 is 2.11 bits per heavy atom. The molecule has 10 heteroatoms. The van der Waals surface area contributed by atoms with Crippen LogP contribution < -0.4 is 10.5 Å². The Morgan fingerprint density at radius 3 is 2.85 bits per heavy atom. The van der Waals surface area contributed by atoms with Crippen LogP contribution in [0.1, 0.15) is 29.8 Å². The van der Waals surface area contributed by atoms with Gasteiger partial charge in [0.25, 0.3) is 5.56 Å². The number of rotatable bonds is 3. The Labute approximate surface area is 152 Å². The topological polar surface area (TPSA) is 73.1 Å². The molecule has 4 rings (SSSR count). The highest BCUT2D eigenvalue weighted by atomic mass is 19.4. The van der Waals surface area contributed by atoms with E-state index in [9.17, 15) is 18.0 Å². The number of ether oxygens (including phenoxy) is 1. The van der Waals surface area contributed by atoms with Crippen LogP contribution in [0.15, 0.2) is 23.0 Å². The molecule has 0 saturated carbocycles. The van der Waals surface area contributed by atoms with Crippen LogP contribution in [0, 0.1) is 0 Å². The number of fused-ring (bicyclic) bond motifs is 1. The highest BCUT2D eigenvalue weighted by Gasteiger charge is 2.34. The van der Waals surface area contributed by atoms with Gasteiger partial charge in [-0.2, -0.15) is 18.3 Å². The molecule has 0 spiro atoms. The van der Waals surface area contributed by atoms with Gasteiger partial charge in [0.2, 0.25) is 0 Å². The van der Waals surface area contributed by atoms with E-state index in [0.29, 0.717) is 38.5 Å². The fourth-order valence-corrected chi connectivity index (χ4v) is 3.54. The fourth-order valence-electron chi connectivity index (χ4n) is 3.54. The van der Waals surface area contributed by atoms with E-state index in [4.69, 9.17) is 4.74 Å². The van der Waals surface area contributed by atoms with Crippen molar-refractivity contribution in [2.45, 2.75) is 44.6 Å². The summed E-state index contributed by atoms with van der Waals surface area (Å²) in [5.41, 5.74) is 0.459. The molecule has 7 nitrogen and oxygen atoms in total. The smallest absolute Gasteiger partial charge is 0.376 e. The molecule has 0 bridgehead atoms. The number of halogens is 3. The van der Waals surface area contributed by atoms with Crippen LogP contribution in [-0.4, -0.2) is 39.2 Å². The largest absolute Gasteiger partial charge is 0.435 e. The van der Waals surface area contributed by atoms with E-state index in [1.54, 1.807) is 6.07 Å². The zero-order valence-electron chi connectivity index (χ0n) is 14.4. The second-order valence-electron chi connectivity index (χ2n) is 6.70. The standard InChI is InChI=1S/C17H18F3N5O2/c18-17(19,20)14-3-4-15(22-21-14)24-6-1-2-12(24)9-25-16(26)8-11-10-27-7-5-13(11)23-25/h3-4,8,12H,1-2,5-7,9-10H2. The van der Waals surface area contributed by atoms with Crippen LogP contribution in [0.4, 0.5) is 19.0 Å². The minimum Gasteiger partial charge on any atom is -0.376 e. The maximum Gasteiger partial charge on any atom is 0.435 e. The molecule has 0 amide bonds. The first-order chi connectivity index (χ1) is 12.9. The van der Waals surface area contributed by atoms with Gasteiger partial charge >= 0.3 is 6.18 Å². The van der Waals surface area contributed by atoms with Gasteiger partial charge < -0.3 is 9.64 Å². The quantitative estimate of drug-likeness (QED) is 0.807. The molecule has 0 N–H and O–H groups in total. The van der Waals surface area contributed by atoms with Crippen LogP contribution in [0.3, 0.4) is 0 Å². The zero-order valence-corrected chi connectivity index (χ0v) is 14.4. The molecular formula is C17H18F3N5O2. The Kier molecular flexibility index (Phi) is 4.58. The predicted molar refractivity (Wildman–Crippen MR) is 89.3 cm³/mol. The van der Waals surface area contributed by atoms with E-state index < -0.39 is 11.9 Å². The lowest BCUT2D eigenvalue weighted by molar-refractivity contribution is -0.141. The van der Waals surface area contributed by atoms with Crippen LogP contribution in [0.25, 0.3) is 0 Å². The molecular weight excluding hydrogens is 363 g/mol. The SMILES string of the molecule is O=c1cc2c(nn1CC1CCCN1c1ccc(C(F)(F)F)nn1)CCOC2. The van der Waals surface area contributed by atoms with Gasteiger partial charge in [0, 0.05) is 24.6 Å². The van der Waals surface area contributed by atoms with Gasteiger partial charge in [-0.05, 0) is 25.0 Å². The summed E-state index contributed by atoms with van der Waals surface area (Å²) in [7, 11) is 0. The molecule has 1 atom stereocenters. The molecule has 2 aromatic heterocycles. The Bertz CT molecular complexity index is 882. The second kappa shape index (κ2) is 6.91. The lowest BCUT2D eigenvalue weighted by Gasteiger charge is -2.26. The van der Waals surface area contributed by atoms with E-state index in [0.717, 1.165) is 30.2 Å². The number of hydrogen-bond donors (Lipinski definition) is 0. The summed E-state index contributed by atoms with van der Waals surface area (Å²) in [4.78, 5) is 14.2. The van der Waals surface area contributed by atoms with Gasteiger partial charge in [-0.25, -0.2) is 4.68 Å². The third-order valence-electron chi connectivity index (χ3n) is 4.90. The average Bonchev–Trinajstić information content (AvgIpc) is 3.10. The predicted octanol–water partition coefficient (Wildman–Crippen LogP) is 1.79. The van der Waals surface area contributed by atoms with Gasteiger partial charge in [-0.15, -0.1) is 10.2 Å². The summed E-state index contributed by atoms with van der Waals surface area (Å²) in [6.45, 7) is 1.98. The normalized spacial score (nSPS) is 20.0. The minimum atomic E-state index is -4.51. The van der Waals surface area contributed by atoms with E-state index >= 15 is 0 Å².